The lowest BCUT2D eigenvalue weighted by atomic mass is 9.84. The largest absolute Gasteiger partial charge is 0.507 e. The van der Waals surface area contributed by atoms with Gasteiger partial charge in [-0.25, -0.2) is 4.79 Å². The second kappa shape index (κ2) is 12.1. The van der Waals surface area contributed by atoms with Gasteiger partial charge in [-0.05, 0) is 63.6 Å². The zero-order chi connectivity index (χ0) is 23.7. The van der Waals surface area contributed by atoms with E-state index in [2.05, 4.69) is 23.6 Å². The van der Waals surface area contributed by atoms with Crippen molar-refractivity contribution < 1.29 is 29.3 Å². The van der Waals surface area contributed by atoms with E-state index in [0.29, 0.717) is 5.56 Å². The number of unbranched alkanes of at least 4 members (excludes halogenated alkanes) is 2. The predicted octanol–water partition coefficient (Wildman–Crippen LogP) is 4.02. The molecule has 0 saturated heterocycles. The number of rotatable bonds is 10. The lowest BCUT2D eigenvalue weighted by Gasteiger charge is -2.24. The first-order valence-electron chi connectivity index (χ1n) is 11.2. The molecule has 2 amide bonds. The number of benzene rings is 1. The van der Waals surface area contributed by atoms with Gasteiger partial charge in [0, 0.05) is 11.5 Å². The molecule has 0 heterocycles. The van der Waals surface area contributed by atoms with Crippen molar-refractivity contribution in [2.75, 3.05) is 6.54 Å². The second-order valence-corrected chi connectivity index (χ2v) is 8.36. The van der Waals surface area contributed by atoms with Crippen LogP contribution in [0.15, 0.2) is 23.8 Å². The molecular weight excluding hydrogens is 412 g/mol. The fourth-order valence-electron chi connectivity index (χ4n) is 3.87. The monoisotopic (exact) mass is 446 g/mol. The van der Waals surface area contributed by atoms with E-state index in [-0.39, 0.29) is 17.4 Å². The molecule has 1 aliphatic carbocycles. The minimum atomic E-state index is -1.18. The molecule has 1 aliphatic rings. The minimum absolute atomic E-state index is 0.0625. The van der Waals surface area contributed by atoms with Crippen molar-refractivity contribution in [3.63, 3.8) is 0 Å². The van der Waals surface area contributed by atoms with Crippen LogP contribution in [0.4, 0.5) is 4.79 Å². The Morgan fingerprint density at radius 3 is 2.66 bits per heavy atom. The fraction of sp³-hybridized carbons (Fsp3) is 0.542. The molecule has 0 fully saturated rings. The Hall–Kier alpha value is -3.03. The summed E-state index contributed by atoms with van der Waals surface area (Å²) in [6, 6.07) is 2.55. The van der Waals surface area contributed by atoms with Crippen LogP contribution in [0.1, 0.15) is 76.3 Å². The second-order valence-electron chi connectivity index (χ2n) is 8.36. The standard InChI is InChI=1S/C24H34N2O6/c1-4-5-6-9-17-12-19(27)22(18-10-7-8-15(2)11-18)20(13-17)32-24(31)26-16(3)23(30)25-14-21(28)29/h11-13,16,18,27H,4-10,14H2,1-3H3,(H,25,30)(H,26,31)(H,28,29). The van der Waals surface area contributed by atoms with Gasteiger partial charge >= 0.3 is 12.1 Å². The number of carbonyl (C=O) groups excluding carboxylic acids is 2. The van der Waals surface area contributed by atoms with E-state index in [1.165, 1.54) is 12.5 Å². The topological polar surface area (TPSA) is 125 Å². The minimum Gasteiger partial charge on any atom is -0.507 e. The lowest BCUT2D eigenvalue weighted by molar-refractivity contribution is -0.138. The molecule has 0 bridgehead atoms. The van der Waals surface area contributed by atoms with Gasteiger partial charge in [0.2, 0.25) is 5.91 Å². The van der Waals surface area contributed by atoms with Crippen molar-refractivity contribution in [1.82, 2.24) is 10.6 Å². The molecule has 4 N–H and O–H groups in total. The molecule has 8 nitrogen and oxygen atoms in total. The molecule has 0 aliphatic heterocycles. The molecule has 1 aromatic rings. The van der Waals surface area contributed by atoms with E-state index in [1.807, 2.05) is 6.92 Å². The average molecular weight is 447 g/mol. The number of aliphatic carboxylic acids is 1. The Morgan fingerprint density at radius 1 is 1.25 bits per heavy atom. The van der Waals surface area contributed by atoms with E-state index < -0.39 is 30.6 Å². The molecule has 2 atom stereocenters. The zero-order valence-corrected chi connectivity index (χ0v) is 19.1. The van der Waals surface area contributed by atoms with Crippen molar-refractivity contribution in [1.29, 1.82) is 0 Å². The van der Waals surface area contributed by atoms with Crippen LogP contribution in [-0.2, 0) is 16.0 Å². The quantitative estimate of drug-likeness (QED) is 0.318. The number of hydrogen-bond acceptors (Lipinski definition) is 5. The molecule has 0 radical (unpaired) electrons. The van der Waals surface area contributed by atoms with Crippen molar-refractivity contribution in [3.8, 4) is 11.5 Å². The van der Waals surface area contributed by atoms with Crippen LogP contribution in [0, 0.1) is 0 Å². The predicted molar refractivity (Wildman–Crippen MR) is 121 cm³/mol. The SMILES string of the molecule is CCCCCc1cc(O)c(C2C=C(C)CCC2)c(OC(=O)NC(C)C(=O)NCC(=O)O)c1. The number of allylic oxidation sites excluding steroid dienone is 2. The van der Waals surface area contributed by atoms with Crippen LogP contribution in [0.25, 0.3) is 0 Å². The van der Waals surface area contributed by atoms with Gasteiger partial charge in [-0.15, -0.1) is 0 Å². The smallest absolute Gasteiger partial charge is 0.413 e. The molecule has 2 rings (SSSR count). The summed E-state index contributed by atoms with van der Waals surface area (Å²) in [6.45, 7) is 5.06. The van der Waals surface area contributed by atoms with Crippen molar-refractivity contribution >= 4 is 18.0 Å². The van der Waals surface area contributed by atoms with Gasteiger partial charge in [0.15, 0.2) is 0 Å². The third-order valence-electron chi connectivity index (χ3n) is 5.54. The maximum atomic E-state index is 12.5. The van der Waals surface area contributed by atoms with E-state index in [0.717, 1.165) is 50.5 Å². The zero-order valence-electron chi connectivity index (χ0n) is 19.1. The van der Waals surface area contributed by atoms with Crippen molar-refractivity contribution in [3.05, 3.63) is 34.9 Å². The Bertz CT molecular complexity index is 864. The summed E-state index contributed by atoms with van der Waals surface area (Å²) in [5, 5.41) is 24.1. The number of nitrogens with one attached hydrogen (secondary N) is 2. The number of carboxylic acid groups (broad SMARTS) is 1. The van der Waals surface area contributed by atoms with E-state index in [4.69, 9.17) is 9.84 Å². The summed E-state index contributed by atoms with van der Waals surface area (Å²) in [5.41, 5.74) is 2.68. The Morgan fingerprint density at radius 2 is 2.00 bits per heavy atom. The van der Waals surface area contributed by atoms with Crippen LogP contribution in [0.2, 0.25) is 0 Å². The van der Waals surface area contributed by atoms with Gasteiger partial charge in [0.25, 0.3) is 0 Å². The number of carbonyl (C=O) groups is 3. The highest BCUT2D eigenvalue weighted by molar-refractivity contribution is 5.88. The van der Waals surface area contributed by atoms with Gasteiger partial charge in [-0.2, -0.15) is 0 Å². The first-order valence-corrected chi connectivity index (χ1v) is 11.2. The number of hydrogen-bond donors (Lipinski definition) is 4. The molecule has 32 heavy (non-hydrogen) atoms. The number of phenolic OH excluding ortho intramolecular Hbond substituents is 1. The third-order valence-corrected chi connectivity index (χ3v) is 5.54. The Balaban J connectivity index is 2.22. The lowest BCUT2D eigenvalue weighted by Crippen LogP contribution is -2.47. The number of aryl methyl sites for hydroxylation is 1. The fourth-order valence-corrected chi connectivity index (χ4v) is 3.87. The molecule has 8 heteroatoms. The Kier molecular flexibility index (Phi) is 9.56. The number of carboxylic acids is 1. The maximum absolute atomic E-state index is 12.5. The highest BCUT2D eigenvalue weighted by Gasteiger charge is 2.25. The molecule has 2 unspecified atom stereocenters. The average Bonchev–Trinajstić information content (AvgIpc) is 2.71. The van der Waals surface area contributed by atoms with Crippen LogP contribution in [0.5, 0.6) is 11.5 Å². The van der Waals surface area contributed by atoms with Gasteiger partial charge in [0.1, 0.15) is 24.1 Å². The van der Waals surface area contributed by atoms with Gasteiger partial charge in [0.05, 0.1) is 0 Å². The van der Waals surface area contributed by atoms with Gasteiger partial charge < -0.3 is 25.6 Å². The summed E-state index contributed by atoms with van der Waals surface area (Å²) in [7, 11) is 0. The number of ether oxygens (including phenoxy) is 1. The molecule has 0 spiro atoms. The van der Waals surface area contributed by atoms with E-state index in [9.17, 15) is 19.5 Å². The maximum Gasteiger partial charge on any atom is 0.413 e. The normalized spacial score (nSPS) is 16.6. The molecular formula is C24H34N2O6. The first kappa shape index (κ1) is 25.2. The van der Waals surface area contributed by atoms with E-state index in [1.54, 1.807) is 12.1 Å². The number of phenols is 1. The van der Waals surface area contributed by atoms with Crippen LogP contribution in [-0.4, -0.2) is 40.8 Å². The van der Waals surface area contributed by atoms with Crippen LogP contribution < -0.4 is 15.4 Å². The van der Waals surface area contributed by atoms with Crippen molar-refractivity contribution in [2.45, 2.75) is 77.7 Å². The van der Waals surface area contributed by atoms with Gasteiger partial charge in [-0.3, -0.25) is 9.59 Å². The van der Waals surface area contributed by atoms with Crippen LogP contribution >= 0.6 is 0 Å². The third kappa shape index (κ3) is 7.59. The van der Waals surface area contributed by atoms with Crippen molar-refractivity contribution in [2.24, 2.45) is 0 Å². The Labute approximate surface area is 189 Å². The highest BCUT2D eigenvalue weighted by atomic mass is 16.6. The van der Waals surface area contributed by atoms with E-state index >= 15 is 0 Å². The molecule has 1 aromatic carbocycles. The number of amides is 2. The summed E-state index contributed by atoms with van der Waals surface area (Å²) in [4.78, 5) is 35.1. The molecule has 176 valence electrons. The summed E-state index contributed by atoms with van der Waals surface area (Å²) in [6.07, 6.45) is 7.94. The summed E-state index contributed by atoms with van der Waals surface area (Å²) < 4.78 is 5.57. The molecule has 0 saturated carbocycles. The first-order chi connectivity index (χ1) is 15.2. The molecule has 0 aromatic heterocycles. The summed E-state index contributed by atoms with van der Waals surface area (Å²) in [5.74, 6) is -1.49. The number of aromatic hydroxyl groups is 1. The summed E-state index contributed by atoms with van der Waals surface area (Å²) >= 11 is 0. The van der Waals surface area contributed by atoms with Crippen LogP contribution in [0.3, 0.4) is 0 Å². The highest BCUT2D eigenvalue weighted by Crippen LogP contribution is 2.42. The van der Waals surface area contributed by atoms with Gasteiger partial charge in [-0.1, -0.05) is 31.4 Å².